The highest BCUT2D eigenvalue weighted by Gasteiger charge is 1.95. The third-order valence-electron chi connectivity index (χ3n) is 3.10. The molecule has 0 amide bonds. The molecule has 1 N–H and O–H groups in total. The van der Waals surface area contributed by atoms with Crippen LogP contribution in [0.2, 0.25) is 0 Å². The van der Waals surface area contributed by atoms with Crippen molar-refractivity contribution >= 4 is 6.08 Å². The van der Waals surface area contributed by atoms with E-state index in [1.807, 2.05) is 7.05 Å². The first-order valence-corrected chi connectivity index (χ1v) is 6.82. The maximum atomic E-state index is 3.14. The lowest BCUT2D eigenvalue weighted by Gasteiger charge is -2.02. The predicted molar refractivity (Wildman–Crippen MR) is 83.3 cm³/mol. The minimum Gasteiger partial charge on any atom is -0.319 e. The zero-order chi connectivity index (χ0) is 13.3. The summed E-state index contributed by atoms with van der Waals surface area (Å²) < 4.78 is 0. The van der Waals surface area contributed by atoms with E-state index in [9.17, 15) is 0 Å². The molecule has 2 aromatic carbocycles. The van der Waals surface area contributed by atoms with Crippen LogP contribution in [0.5, 0.6) is 0 Å². The fraction of sp³-hybridized carbons (Fsp3) is 0.222. The van der Waals surface area contributed by atoms with Crippen molar-refractivity contribution in [2.24, 2.45) is 0 Å². The summed E-state index contributed by atoms with van der Waals surface area (Å²) in [6, 6.07) is 19.4. The van der Waals surface area contributed by atoms with E-state index in [1.54, 1.807) is 0 Å². The Morgan fingerprint density at radius 3 is 2.26 bits per heavy atom. The van der Waals surface area contributed by atoms with Gasteiger partial charge in [-0.1, -0.05) is 66.7 Å². The second-order valence-electron chi connectivity index (χ2n) is 4.70. The molecule has 0 aliphatic heterocycles. The van der Waals surface area contributed by atoms with Gasteiger partial charge in [-0.2, -0.15) is 0 Å². The van der Waals surface area contributed by atoms with Gasteiger partial charge in [0.1, 0.15) is 0 Å². The molecule has 1 heteroatoms. The Kier molecular flexibility index (Phi) is 5.39. The largest absolute Gasteiger partial charge is 0.319 e. The van der Waals surface area contributed by atoms with Crippen LogP contribution in [0, 0.1) is 0 Å². The van der Waals surface area contributed by atoms with Crippen LogP contribution >= 0.6 is 0 Å². The number of hydrogen-bond acceptors (Lipinski definition) is 1. The molecule has 1 nitrogen and oxygen atoms in total. The molecule has 0 atom stereocenters. The SMILES string of the molecule is CNCCC=Cc1ccc(Cc2ccccc2)cc1. The minimum atomic E-state index is 1.00. The lowest BCUT2D eigenvalue weighted by Crippen LogP contribution is -2.05. The molecule has 0 aliphatic carbocycles. The number of nitrogens with one attached hydrogen (secondary N) is 1. The maximum absolute atomic E-state index is 3.14. The molecule has 0 saturated carbocycles. The minimum absolute atomic E-state index is 1.00. The third kappa shape index (κ3) is 4.72. The summed E-state index contributed by atoms with van der Waals surface area (Å²) in [4.78, 5) is 0. The third-order valence-corrected chi connectivity index (χ3v) is 3.10. The first-order valence-electron chi connectivity index (χ1n) is 6.82. The topological polar surface area (TPSA) is 12.0 Å². The summed E-state index contributed by atoms with van der Waals surface area (Å²) in [5, 5.41) is 3.14. The summed E-state index contributed by atoms with van der Waals surface area (Å²) in [5.41, 5.74) is 3.99. The van der Waals surface area contributed by atoms with Crippen LogP contribution in [0.25, 0.3) is 6.08 Å². The normalized spacial score (nSPS) is 11.0. The van der Waals surface area contributed by atoms with Crippen LogP contribution in [0.3, 0.4) is 0 Å². The Hall–Kier alpha value is -1.86. The van der Waals surface area contributed by atoms with Crippen LogP contribution in [0.15, 0.2) is 60.7 Å². The quantitative estimate of drug-likeness (QED) is 0.768. The molecule has 0 fully saturated rings. The van der Waals surface area contributed by atoms with E-state index in [-0.39, 0.29) is 0 Å². The van der Waals surface area contributed by atoms with Gasteiger partial charge in [-0.15, -0.1) is 0 Å². The van der Waals surface area contributed by atoms with Crippen molar-refractivity contribution < 1.29 is 0 Å². The molecule has 0 radical (unpaired) electrons. The van der Waals surface area contributed by atoms with Crippen molar-refractivity contribution in [1.82, 2.24) is 5.32 Å². The van der Waals surface area contributed by atoms with Gasteiger partial charge in [-0.25, -0.2) is 0 Å². The van der Waals surface area contributed by atoms with E-state index in [0.29, 0.717) is 0 Å². The lowest BCUT2D eigenvalue weighted by atomic mass is 10.0. The highest BCUT2D eigenvalue weighted by molar-refractivity contribution is 5.49. The average molecular weight is 251 g/mol. The molecule has 0 saturated heterocycles. The first kappa shape index (κ1) is 13.6. The fourth-order valence-corrected chi connectivity index (χ4v) is 2.03. The van der Waals surface area contributed by atoms with Crippen LogP contribution in [-0.2, 0) is 6.42 Å². The predicted octanol–water partition coefficient (Wildman–Crippen LogP) is 3.90. The van der Waals surface area contributed by atoms with E-state index in [4.69, 9.17) is 0 Å². The zero-order valence-electron chi connectivity index (χ0n) is 11.5. The molecular weight excluding hydrogens is 230 g/mol. The van der Waals surface area contributed by atoms with E-state index in [0.717, 1.165) is 19.4 Å². The first-order chi connectivity index (χ1) is 9.38. The Labute approximate surface area is 116 Å². The lowest BCUT2D eigenvalue weighted by molar-refractivity contribution is 0.809. The summed E-state index contributed by atoms with van der Waals surface area (Å²) in [5.74, 6) is 0. The summed E-state index contributed by atoms with van der Waals surface area (Å²) in [7, 11) is 1.98. The Bertz CT molecular complexity index is 497. The number of rotatable bonds is 6. The molecule has 0 bridgehead atoms. The maximum Gasteiger partial charge on any atom is -0.00172 e. The highest BCUT2D eigenvalue weighted by Crippen LogP contribution is 2.11. The number of benzene rings is 2. The second kappa shape index (κ2) is 7.55. The smallest absolute Gasteiger partial charge is 0.00172 e. The van der Waals surface area contributed by atoms with E-state index in [1.165, 1.54) is 16.7 Å². The molecular formula is C18H21N. The standard InChI is InChI=1S/C18H21N/c1-19-14-6-5-7-16-10-12-18(13-11-16)15-17-8-3-2-4-9-17/h2-5,7-13,19H,6,14-15H2,1H3. The Morgan fingerprint density at radius 1 is 0.895 bits per heavy atom. The van der Waals surface area contributed by atoms with Gasteiger partial charge < -0.3 is 5.32 Å². The van der Waals surface area contributed by atoms with Gasteiger partial charge >= 0.3 is 0 Å². The van der Waals surface area contributed by atoms with Crippen molar-refractivity contribution in [3.63, 3.8) is 0 Å². The molecule has 2 aromatic rings. The molecule has 0 spiro atoms. The van der Waals surface area contributed by atoms with Crippen molar-refractivity contribution in [1.29, 1.82) is 0 Å². The summed E-state index contributed by atoms with van der Waals surface area (Å²) in [6.45, 7) is 1.03. The van der Waals surface area contributed by atoms with Gasteiger partial charge in [0.25, 0.3) is 0 Å². The number of hydrogen-bond donors (Lipinski definition) is 1. The van der Waals surface area contributed by atoms with Gasteiger partial charge in [-0.05, 0) is 43.1 Å². The van der Waals surface area contributed by atoms with Crippen molar-refractivity contribution in [2.75, 3.05) is 13.6 Å². The molecule has 2 rings (SSSR count). The monoisotopic (exact) mass is 251 g/mol. The Balaban J connectivity index is 1.93. The van der Waals surface area contributed by atoms with Crippen LogP contribution in [0.4, 0.5) is 0 Å². The van der Waals surface area contributed by atoms with Crippen molar-refractivity contribution in [2.45, 2.75) is 12.8 Å². The zero-order valence-corrected chi connectivity index (χ0v) is 11.5. The summed E-state index contributed by atoms with van der Waals surface area (Å²) in [6.07, 6.45) is 6.47. The summed E-state index contributed by atoms with van der Waals surface area (Å²) >= 11 is 0. The van der Waals surface area contributed by atoms with E-state index in [2.05, 4.69) is 72.1 Å². The molecule has 19 heavy (non-hydrogen) atoms. The fourth-order valence-electron chi connectivity index (χ4n) is 2.03. The van der Waals surface area contributed by atoms with E-state index < -0.39 is 0 Å². The van der Waals surface area contributed by atoms with Gasteiger partial charge in [-0.3, -0.25) is 0 Å². The van der Waals surface area contributed by atoms with Crippen LogP contribution in [-0.4, -0.2) is 13.6 Å². The van der Waals surface area contributed by atoms with Gasteiger partial charge in [0.15, 0.2) is 0 Å². The van der Waals surface area contributed by atoms with Gasteiger partial charge in [0.05, 0.1) is 0 Å². The van der Waals surface area contributed by atoms with Crippen molar-refractivity contribution in [3.05, 3.63) is 77.4 Å². The molecule has 0 unspecified atom stereocenters. The van der Waals surface area contributed by atoms with Gasteiger partial charge in [0.2, 0.25) is 0 Å². The van der Waals surface area contributed by atoms with Crippen LogP contribution in [0.1, 0.15) is 23.1 Å². The van der Waals surface area contributed by atoms with E-state index >= 15 is 0 Å². The molecule has 98 valence electrons. The van der Waals surface area contributed by atoms with Gasteiger partial charge in [0, 0.05) is 0 Å². The molecule has 0 aromatic heterocycles. The van der Waals surface area contributed by atoms with Crippen LogP contribution < -0.4 is 5.32 Å². The second-order valence-corrected chi connectivity index (χ2v) is 4.70. The highest BCUT2D eigenvalue weighted by atomic mass is 14.8. The van der Waals surface area contributed by atoms with Crippen molar-refractivity contribution in [3.8, 4) is 0 Å². The molecule has 0 heterocycles. The molecule has 0 aliphatic rings. The average Bonchev–Trinajstić information content (AvgIpc) is 2.46. The Morgan fingerprint density at radius 2 is 1.58 bits per heavy atom.